The molecule has 1 aromatic carbocycles. The minimum absolute atomic E-state index is 0.0165. The molecule has 0 saturated carbocycles. The number of hydrogen-bond acceptors (Lipinski definition) is 6. The first-order valence-electron chi connectivity index (χ1n) is 10.4. The number of ether oxygens (including phenoxy) is 2. The van der Waals surface area contributed by atoms with Crippen LogP contribution in [0.2, 0.25) is 0 Å². The minimum atomic E-state index is -0.563. The van der Waals surface area contributed by atoms with Crippen molar-refractivity contribution < 1.29 is 19.1 Å². The van der Waals surface area contributed by atoms with Gasteiger partial charge in [0, 0.05) is 24.6 Å². The SMILES string of the molecule is C[C@@H]1C[C@@H]2NC(=O)N(c3nc4c5c(ccc4s3)OCC5)[C@@H]2CN1C(=O)OC(C)(C)C. The Balaban J connectivity index is 1.45. The van der Waals surface area contributed by atoms with E-state index in [-0.39, 0.29) is 30.2 Å². The van der Waals surface area contributed by atoms with E-state index in [0.29, 0.717) is 24.7 Å². The zero-order chi connectivity index (χ0) is 21.2. The van der Waals surface area contributed by atoms with Crippen LogP contribution >= 0.6 is 11.3 Å². The number of nitrogens with zero attached hydrogens (tertiary/aromatic N) is 3. The monoisotopic (exact) mass is 430 g/mol. The summed E-state index contributed by atoms with van der Waals surface area (Å²) in [5, 5.41) is 3.75. The van der Waals surface area contributed by atoms with Crippen molar-refractivity contribution in [2.45, 2.75) is 64.3 Å². The lowest BCUT2D eigenvalue weighted by Crippen LogP contribution is -2.57. The normalized spacial score (nSPS) is 25.7. The third-order valence-electron chi connectivity index (χ3n) is 5.89. The number of piperidine rings is 1. The fourth-order valence-electron chi connectivity index (χ4n) is 4.52. The Morgan fingerprint density at radius 2 is 2.17 bits per heavy atom. The summed E-state index contributed by atoms with van der Waals surface area (Å²) in [4.78, 5) is 33.9. The van der Waals surface area contributed by atoms with E-state index >= 15 is 0 Å². The highest BCUT2D eigenvalue weighted by Crippen LogP contribution is 2.40. The number of benzene rings is 1. The Labute approximate surface area is 179 Å². The summed E-state index contributed by atoms with van der Waals surface area (Å²) in [5.74, 6) is 0.880. The molecule has 30 heavy (non-hydrogen) atoms. The van der Waals surface area contributed by atoms with Gasteiger partial charge in [0.15, 0.2) is 5.13 Å². The molecule has 2 aromatic rings. The molecule has 9 heteroatoms. The summed E-state index contributed by atoms with van der Waals surface area (Å²) in [6, 6.07) is 3.61. The van der Waals surface area contributed by atoms with Crippen LogP contribution in [0.1, 0.15) is 39.7 Å². The van der Waals surface area contributed by atoms with Crippen LogP contribution in [0.5, 0.6) is 5.75 Å². The number of rotatable bonds is 1. The molecule has 0 spiro atoms. The van der Waals surface area contributed by atoms with E-state index < -0.39 is 5.60 Å². The lowest BCUT2D eigenvalue weighted by molar-refractivity contribution is 0.00869. The summed E-state index contributed by atoms with van der Waals surface area (Å²) in [6.07, 6.45) is 1.17. The number of hydrogen-bond donors (Lipinski definition) is 1. The lowest BCUT2D eigenvalue weighted by Gasteiger charge is -2.41. The number of carbonyl (C=O) groups is 2. The summed E-state index contributed by atoms with van der Waals surface area (Å²) >= 11 is 1.50. The van der Waals surface area contributed by atoms with Crippen LogP contribution < -0.4 is 15.0 Å². The van der Waals surface area contributed by atoms with Crippen LogP contribution in [-0.2, 0) is 11.2 Å². The highest BCUT2D eigenvalue weighted by atomic mass is 32.1. The van der Waals surface area contributed by atoms with Gasteiger partial charge in [0.25, 0.3) is 0 Å². The predicted molar refractivity (Wildman–Crippen MR) is 114 cm³/mol. The molecular formula is C21H26N4O4S. The maximum atomic E-state index is 12.9. The fourth-order valence-corrected chi connectivity index (χ4v) is 5.57. The van der Waals surface area contributed by atoms with E-state index in [1.807, 2.05) is 39.8 Å². The molecule has 3 aliphatic rings. The van der Waals surface area contributed by atoms with Crippen molar-refractivity contribution in [1.82, 2.24) is 15.2 Å². The predicted octanol–water partition coefficient (Wildman–Crippen LogP) is 3.53. The molecule has 4 heterocycles. The number of nitrogens with one attached hydrogen (secondary N) is 1. The molecular weight excluding hydrogens is 404 g/mol. The molecule has 1 N–H and O–H groups in total. The lowest BCUT2D eigenvalue weighted by atomic mass is 9.95. The fraction of sp³-hybridized carbons (Fsp3) is 0.571. The molecule has 2 saturated heterocycles. The molecule has 0 aliphatic carbocycles. The standard InChI is InChI=1S/C21H26N4O4S/c1-11-9-13-14(10-24(11)20(27)29-21(2,3)4)25(18(26)22-13)19-23-17-12-7-8-28-15(12)5-6-16(17)30-19/h5-6,11,13-14H,7-10H2,1-4H3,(H,22,26)/t11-,13+,14-/m1/s1. The Kier molecular flexibility index (Phi) is 4.36. The van der Waals surface area contributed by atoms with Crippen molar-refractivity contribution in [3.8, 4) is 5.75 Å². The average molecular weight is 431 g/mol. The van der Waals surface area contributed by atoms with Crippen LogP contribution in [0.15, 0.2) is 12.1 Å². The molecule has 1 aromatic heterocycles. The van der Waals surface area contributed by atoms with Crippen molar-refractivity contribution in [2.24, 2.45) is 0 Å². The van der Waals surface area contributed by atoms with Crippen LogP contribution in [-0.4, -0.2) is 58.9 Å². The number of urea groups is 1. The number of aromatic nitrogens is 1. The maximum absolute atomic E-state index is 12.9. The summed E-state index contributed by atoms with van der Waals surface area (Å²) in [7, 11) is 0. The zero-order valence-corrected chi connectivity index (χ0v) is 18.4. The van der Waals surface area contributed by atoms with E-state index in [9.17, 15) is 9.59 Å². The molecule has 3 aliphatic heterocycles. The Morgan fingerprint density at radius 3 is 2.93 bits per heavy atom. The highest BCUT2D eigenvalue weighted by Gasteiger charge is 2.48. The third kappa shape index (κ3) is 3.15. The van der Waals surface area contributed by atoms with Gasteiger partial charge in [-0.3, -0.25) is 4.90 Å². The number of likely N-dealkylation sites (tertiary alicyclic amines) is 1. The van der Waals surface area contributed by atoms with Crippen molar-refractivity contribution in [3.63, 3.8) is 0 Å². The van der Waals surface area contributed by atoms with Crippen LogP contribution in [0.4, 0.5) is 14.7 Å². The zero-order valence-electron chi connectivity index (χ0n) is 17.6. The van der Waals surface area contributed by atoms with Crippen molar-refractivity contribution in [3.05, 3.63) is 17.7 Å². The van der Waals surface area contributed by atoms with Gasteiger partial charge in [0.2, 0.25) is 0 Å². The van der Waals surface area contributed by atoms with Gasteiger partial charge in [-0.25, -0.2) is 14.6 Å². The van der Waals surface area contributed by atoms with Crippen LogP contribution in [0, 0.1) is 0 Å². The molecule has 0 radical (unpaired) electrons. The topological polar surface area (TPSA) is 84.0 Å². The van der Waals surface area contributed by atoms with Crippen LogP contribution in [0.3, 0.4) is 0 Å². The number of fused-ring (bicyclic) bond motifs is 4. The van der Waals surface area contributed by atoms with Gasteiger partial charge >= 0.3 is 12.1 Å². The van der Waals surface area contributed by atoms with Gasteiger partial charge in [-0.2, -0.15) is 0 Å². The number of anilines is 1. The first-order valence-corrected chi connectivity index (χ1v) is 11.2. The summed E-state index contributed by atoms with van der Waals surface area (Å²) in [5.41, 5.74) is 1.46. The molecule has 3 atom stereocenters. The first-order chi connectivity index (χ1) is 14.2. The minimum Gasteiger partial charge on any atom is -0.493 e. The molecule has 0 bridgehead atoms. The summed E-state index contributed by atoms with van der Waals surface area (Å²) < 4.78 is 12.3. The second-order valence-electron chi connectivity index (χ2n) is 9.19. The van der Waals surface area contributed by atoms with E-state index in [1.54, 1.807) is 9.80 Å². The van der Waals surface area contributed by atoms with E-state index in [4.69, 9.17) is 14.5 Å². The van der Waals surface area contributed by atoms with Crippen molar-refractivity contribution in [1.29, 1.82) is 0 Å². The number of carbonyl (C=O) groups excluding carboxylic acids is 2. The largest absolute Gasteiger partial charge is 0.493 e. The second kappa shape index (κ2) is 6.73. The molecule has 0 unspecified atom stereocenters. The van der Waals surface area contributed by atoms with Crippen molar-refractivity contribution >= 4 is 38.8 Å². The van der Waals surface area contributed by atoms with Gasteiger partial charge in [0.1, 0.15) is 11.4 Å². The van der Waals surface area contributed by atoms with Gasteiger partial charge in [-0.05, 0) is 46.2 Å². The maximum Gasteiger partial charge on any atom is 0.410 e. The molecule has 2 fully saturated rings. The summed E-state index contributed by atoms with van der Waals surface area (Å²) in [6.45, 7) is 8.65. The third-order valence-corrected chi connectivity index (χ3v) is 6.91. The first kappa shape index (κ1) is 19.4. The molecule has 3 amide bonds. The Hall–Kier alpha value is -2.55. The second-order valence-corrected chi connectivity index (χ2v) is 10.2. The Bertz CT molecular complexity index is 1030. The average Bonchev–Trinajstić information content (AvgIpc) is 3.33. The molecule has 5 rings (SSSR count). The molecule has 160 valence electrons. The van der Waals surface area contributed by atoms with E-state index in [0.717, 1.165) is 28.0 Å². The number of thiazole rings is 1. The highest BCUT2D eigenvalue weighted by molar-refractivity contribution is 7.22. The van der Waals surface area contributed by atoms with Gasteiger partial charge in [-0.1, -0.05) is 11.3 Å². The van der Waals surface area contributed by atoms with E-state index in [2.05, 4.69) is 5.32 Å². The van der Waals surface area contributed by atoms with Gasteiger partial charge < -0.3 is 19.7 Å². The quantitative estimate of drug-likeness (QED) is 0.748. The number of amides is 3. The van der Waals surface area contributed by atoms with Crippen molar-refractivity contribution in [2.75, 3.05) is 18.1 Å². The van der Waals surface area contributed by atoms with Gasteiger partial charge in [0.05, 0.1) is 28.9 Å². The van der Waals surface area contributed by atoms with E-state index in [1.165, 1.54) is 11.3 Å². The Morgan fingerprint density at radius 1 is 1.37 bits per heavy atom. The van der Waals surface area contributed by atoms with Crippen LogP contribution in [0.25, 0.3) is 10.2 Å². The smallest absolute Gasteiger partial charge is 0.410 e. The van der Waals surface area contributed by atoms with Gasteiger partial charge in [-0.15, -0.1) is 0 Å². The molecule has 8 nitrogen and oxygen atoms in total.